The summed E-state index contributed by atoms with van der Waals surface area (Å²) >= 11 is 0. The molecule has 0 amide bonds. The number of piperidine rings is 1. The van der Waals surface area contributed by atoms with E-state index in [-0.39, 0.29) is 0 Å². The van der Waals surface area contributed by atoms with Gasteiger partial charge in [-0.05, 0) is 37.3 Å². The topological polar surface area (TPSA) is 15.3 Å². The van der Waals surface area contributed by atoms with Gasteiger partial charge in [-0.3, -0.25) is 0 Å². The van der Waals surface area contributed by atoms with E-state index in [0.717, 1.165) is 12.5 Å². The zero-order valence-electron chi connectivity index (χ0n) is 14.3. The molecule has 2 nitrogen and oxygen atoms in total. The second-order valence-corrected chi connectivity index (χ2v) is 6.89. The molecule has 2 rings (SSSR count). The standard InChI is InChI=1S/C19H32N2/c1-5-6-17-9-11-21(12-10-17)19-8-7-16(4)13-18(19)14-20-15(2)3/h7-8,13,15,17,20H,5-6,9-12,14H2,1-4H3. The van der Waals surface area contributed by atoms with Crippen molar-refractivity contribution in [3.05, 3.63) is 29.3 Å². The Labute approximate surface area is 130 Å². The number of nitrogens with zero attached hydrogens (tertiary/aromatic N) is 1. The predicted molar refractivity (Wildman–Crippen MR) is 93.0 cm³/mol. The van der Waals surface area contributed by atoms with Crippen molar-refractivity contribution in [1.82, 2.24) is 5.32 Å². The van der Waals surface area contributed by atoms with Crippen LogP contribution in [-0.2, 0) is 6.54 Å². The maximum atomic E-state index is 3.57. The Morgan fingerprint density at radius 2 is 1.95 bits per heavy atom. The van der Waals surface area contributed by atoms with Crippen molar-refractivity contribution in [3.8, 4) is 0 Å². The summed E-state index contributed by atoms with van der Waals surface area (Å²) in [6.45, 7) is 12.4. The second-order valence-electron chi connectivity index (χ2n) is 6.89. The molecule has 0 bridgehead atoms. The Kier molecular flexibility index (Phi) is 6.10. The maximum Gasteiger partial charge on any atom is 0.0412 e. The smallest absolute Gasteiger partial charge is 0.0412 e. The first-order chi connectivity index (χ1) is 10.1. The van der Waals surface area contributed by atoms with E-state index in [4.69, 9.17) is 0 Å². The van der Waals surface area contributed by atoms with Crippen molar-refractivity contribution in [3.63, 3.8) is 0 Å². The molecule has 1 aromatic rings. The van der Waals surface area contributed by atoms with E-state index in [1.54, 1.807) is 0 Å². The van der Waals surface area contributed by atoms with E-state index in [1.165, 1.54) is 55.6 Å². The maximum absolute atomic E-state index is 3.57. The fourth-order valence-corrected chi connectivity index (χ4v) is 3.35. The Morgan fingerprint density at radius 3 is 2.57 bits per heavy atom. The summed E-state index contributed by atoms with van der Waals surface area (Å²) in [7, 11) is 0. The van der Waals surface area contributed by atoms with Gasteiger partial charge in [-0.1, -0.05) is 51.3 Å². The van der Waals surface area contributed by atoms with Gasteiger partial charge < -0.3 is 10.2 Å². The zero-order chi connectivity index (χ0) is 15.2. The molecule has 0 aliphatic carbocycles. The fraction of sp³-hybridized carbons (Fsp3) is 0.684. The summed E-state index contributed by atoms with van der Waals surface area (Å²) in [6, 6.07) is 7.47. The third kappa shape index (κ3) is 4.74. The summed E-state index contributed by atoms with van der Waals surface area (Å²) in [5, 5.41) is 3.57. The van der Waals surface area contributed by atoms with E-state index < -0.39 is 0 Å². The minimum absolute atomic E-state index is 0.536. The van der Waals surface area contributed by atoms with Crippen molar-refractivity contribution in [2.75, 3.05) is 18.0 Å². The van der Waals surface area contributed by atoms with Gasteiger partial charge in [0.05, 0.1) is 0 Å². The van der Waals surface area contributed by atoms with Crippen LogP contribution in [0.2, 0.25) is 0 Å². The number of benzene rings is 1. The number of anilines is 1. The first-order valence-corrected chi connectivity index (χ1v) is 8.68. The monoisotopic (exact) mass is 288 g/mol. The highest BCUT2D eigenvalue weighted by Gasteiger charge is 2.20. The van der Waals surface area contributed by atoms with Gasteiger partial charge >= 0.3 is 0 Å². The Hall–Kier alpha value is -1.02. The number of rotatable bonds is 6. The molecule has 0 radical (unpaired) electrons. The van der Waals surface area contributed by atoms with Gasteiger partial charge in [0.15, 0.2) is 0 Å². The second kappa shape index (κ2) is 7.84. The van der Waals surface area contributed by atoms with Crippen LogP contribution in [0.5, 0.6) is 0 Å². The van der Waals surface area contributed by atoms with Gasteiger partial charge in [0.2, 0.25) is 0 Å². The van der Waals surface area contributed by atoms with Crippen LogP contribution in [0.15, 0.2) is 18.2 Å². The van der Waals surface area contributed by atoms with E-state index in [9.17, 15) is 0 Å². The quantitative estimate of drug-likeness (QED) is 0.828. The van der Waals surface area contributed by atoms with Crippen LogP contribution in [0.1, 0.15) is 57.6 Å². The lowest BCUT2D eigenvalue weighted by atomic mass is 9.92. The largest absolute Gasteiger partial charge is 0.371 e. The third-order valence-electron chi connectivity index (χ3n) is 4.59. The van der Waals surface area contributed by atoms with Gasteiger partial charge in [-0.15, -0.1) is 0 Å². The summed E-state index contributed by atoms with van der Waals surface area (Å²) in [5.74, 6) is 0.953. The van der Waals surface area contributed by atoms with E-state index >= 15 is 0 Å². The minimum atomic E-state index is 0.536. The van der Waals surface area contributed by atoms with Gasteiger partial charge in [0.25, 0.3) is 0 Å². The first kappa shape index (κ1) is 16.4. The van der Waals surface area contributed by atoms with Crippen molar-refractivity contribution in [1.29, 1.82) is 0 Å². The van der Waals surface area contributed by atoms with Gasteiger partial charge in [0, 0.05) is 31.4 Å². The van der Waals surface area contributed by atoms with Crippen LogP contribution in [0.4, 0.5) is 5.69 Å². The van der Waals surface area contributed by atoms with Gasteiger partial charge in [-0.2, -0.15) is 0 Å². The molecule has 0 saturated carbocycles. The highest BCUT2D eigenvalue weighted by atomic mass is 15.1. The van der Waals surface area contributed by atoms with E-state index in [2.05, 4.69) is 56.1 Å². The predicted octanol–water partition coefficient (Wildman–Crippen LogP) is 4.51. The lowest BCUT2D eigenvalue weighted by molar-refractivity contribution is 0.378. The molecule has 1 fully saturated rings. The van der Waals surface area contributed by atoms with Crippen LogP contribution in [0, 0.1) is 12.8 Å². The normalized spacial score (nSPS) is 16.7. The summed E-state index contributed by atoms with van der Waals surface area (Å²) in [4.78, 5) is 2.60. The molecule has 1 heterocycles. The molecule has 0 unspecified atom stereocenters. The molecule has 1 aliphatic heterocycles. The highest BCUT2D eigenvalue weighted by molar-refractivity contribution is 5.55. The lowest BCUT2D eigenvalue weighted by Crippen LogP contribution is -2.35. The molecule has 0 spiro atoms. The SMILES string of the molecule is CCCC1CCN(c2ccc(C)cc2CNC(C)C)CC1. The molecular weight excluding hydrogens is 256 g/mol. The molecular formula is C19H32N2. The molecule has 1 saturated heterocycles. The minimum Gasteiger partial charge on any atom is -0.371 e. The van der Waals surface area contributed by atoms with Crippen LogP contribution < -0.4 is 10.2 Å². The number of hydrogen-bond acceptors (Lipinski definition) is 2. The molecule has 0 atom stereocenters. The van der Waals surface area contributed by atoms with Crippen molar-refractivity contribution < 1.29 is 0 Å². The van der Waals surface area contributed by atoms with Crippen LogP contribution in [0.25, 0.3) is 0 Å². The van der Waals surface area contributed by atoms with Crippen LogP contribution in [0.3, 0.4) is 0 Å². The first-order valence-electron chi connectivity index (χ1n) is 8.68. The molecule has 118 valence electrons. The molecule has 1 aliphatic rings. The van der Waals surface area contributed by atoms with E-state index in [1.807, 2.05) is 0 Å². The van der Waals surface area contributed by atoms with Gasteiger partial charge in [0.1, 0.15) is 0 Å². The Bertz CT molecular complexity index is 431. The number of aryl methyl sites for hydroxylation is 1. The lowest BCUT2D eigenvalue weighted by Gasteiger charge is -2.35. The fourth-order valence-electron chi connectivity index (χ4n) is 3.35. The average molecular weight is 288 g/mol. The summed E-state index contributed by atoms with van der Waals surface area (Å²) < 4.78 is 0. The van der Waals surface area contributed by atoms with Crippen LogP contribution >= 0.6 is 0 Å². The molecule has 1 aromatic carbocycles. The van der Waals surface area contributed by atoms with Gasteiger partial charge in [-0.25, -0.2) is 0 Å². The summed E-state index contributed by atoms with van der Waals surface area (Å²) in [6.07, 6.45) is 5.46. The third-order valence-corrected chi connectivity index (χ3v) is 4.59. The van der Waals surface area contributed by atoms with E-state index in [0.29, 0.717) is 6.04 Å². The average Bonchev–Trinajstić information content (AvgIpc) is 2.46. The number of hydrogen-bond donors (Lipinski definition) is 1. The molecule has 21 heavy (non-hydrogen) atoms. The Balaban J connectivity index is 2.05. The molecule has 0 aromatic heterocycles. The molecule has 2 heteroatoms. The van der Waals surface area contributed by atoms with Crippen molar-refractivity contribution >= 4 is 5.69 Å². The van der Waals surface area contributed by atoms with Crippen molar-refractivity contribution in [2.45, 2.75) is 66.0 Å². The zero-order valence-corrected chi connectivity index (χ0v) is 14.3. The Morgan fingerprint density at radius 1 is 1.24 bits per heavy atom. The number of nitrogens with one attached hydrogen (secondary N) is 1. The highest BCUT2D eigenvalue weighted by Crippen LogP contribution is 2.29. The summed E-state index contributed by atoms with van der Waals surface area (Å²) in [5.41, 5.74) is 4.27. The van der Waals surface area contributed by atoms with Crippen molar-refractivity contribution in [2.24, 2.45) is 5.92 Å². The van der Waals surface area contributed by atoms with Crippen LogP contribution in [-0.4, -0.2) is 19.1 Å². The molecule has 1 N–H and O–H groups in total.